The molecule has 0 unspecified atom stereocenters. The van der Waals surface area contributed by atoms with Gasteiger partial charge in [-0.2, -0.15) is 0 Å². The molecule has 6 nitrogen and oxygen atoms in total. The SMILES string of the molecule is CN=Cc1cnc[n-]1.CN=Cc1cnc[n-]1.[Pt+2]. The van der Waals surface area contributed by atoms with E-state index in [1.54, 1.807) is 38.9 Å². The maximum absolute atomic E-state index is 3.85. The van der Waals surface area contributed by atoms with Gasteiger partial charge in [0, 0.05) is 26.5 Å². The van der Waals surface area contributed by atoms with Crippen molar-refractivity contribution in [1.82, 2.24) is 19.9 Å². The molecule has 0 fully saturated rings. The first-order valence-corrected chi connectivity index (χ1v) is 4.56. The van der Waals surface area contributed by atoms with Crippen molar-refractivity contribution in [2.24, 2.45) is 9.98 Å². The minimum atomic E-state index is 0. The average molecular weight is 411 g/mol. The minimum Gasteiger partial charge on any atom is -0.449 e. The number of hydrogen-bond donors (Lipinski definition) is 0. The summed E-state index contributed by atoms with van der Waals surface area (Å²) in [4.78, 5) is 22.7. The molecule has 0 aliphatic carbocycles. The second kappa shape index (κ2) is 9.66. The molecule has 0 N–H and O–H groups in total. The molecule has 2 rings (SSSR count). The summed E-state index contributed by atoms with van der Waals surface area (Å²) in [6, 6.07) is 0. The predicted octanol–water partition coefficient (Wildman–Crippen LogP) is 0.173. The molecule has 0 saturated carbocycles. The van der Waals surface area contributed by atoms with Crippen LogP contribution in [-0.2, 0) is 21.1 Å². The zero-order valence-corrected chi connectivity index (χ0v) is 11.7. The van der Waals surface area contributed by atoms with Gasteiger partial charge in [0.1, 0.15) is 0 Å². The number of aromatic nitrogens is 4. The van der Waals surface area contributed by atoms with Crippen LogP contribution >= 0.6 is 0 Å². The fraction of sp³-hybridized carbons (Fsp3) is 0.200. The molecule has 17 heavy (non-hydrogen) atoms. The Hall–Kier alpha value is -1.55. The molecule has 0 amide bonds. The summed E-state index contributed by atoms with van der Waals surface area (Å²) in [5.74, 6) is 0. The number of nitrogens with zero attached hydrogens (tertiary/aromatic N) is 6. The van der Waals surface area contributed by atoms with Crippen LogP contribution in [0.15, 0.2) is 35.0 Å². The second-order valence-corrected chi connectivity index (χ2v) is 2.67. The van der Waals surface area contributed by atoms with Crippen molar-refractivity contribution in [1.29, 1.82) is 0 Å². The Morgan fingerprint density at radius 2 is 1.35 bits per heavy atom. The van der Waals surface area contributed by atoms with E-state index < -0.39 is 0 Å². The third-order valence-corrected chi connectivity index (χ3v) is 1.48. The van der Waals surface area contributed by atoms with Gasteiger partial charge in [-0.15, -0.1) is 0 Å². The largest absolute Gasteiger partial charge is 2.00 e. The maximum atomic E-state index is 3.85. The van der Waals surface area contributed by atoms with Crippen molar-refractivity contribution in [2.75, 3.05) is 14.1 Å². The van der Waals surface area contributed by atoms with E-state index in [9.17, 15) is 0 Å². The predicted molar refractivity (Wildman–Crippen MR) is 62.2 cm³/mol. The van der Waals surface area contributed by atoms with Gasteiger partial charge in [-0.25, -0.2) is 0 Å². The summed E-state index contributed by atoms with van der Waals surface area (Å²) in [5, 5.41) is 0. The normalized spacial score (nSPS) is 10.0. The molecule has 0 spiro atoms. The average Bonchev–Trinajstić information content (AvgIpc) is 2.92. The topological polar surface area (TPSA) is 78.7 Å². The first kappa shape index (κ1) is 15.4. The zero-order valence-electron chi connectivity index (χ0n) is 9.46. The summed E-state index contributed by atoms with van der Waals surface area (Å²) in [6.07, 6.45) is 9.63. The molecule has 7 heteroatoms. The van der Waals surface area contributed by atoms with Crippen LogP contribution in [0.3, 0.4) is 0 Å². The van der Waals surface area contributed by atoms with E-state index in [4.69, 9.17) is 0 Å². The summed E-state index contributed by atoms with van der Waals surface area (Å²) in [7, 11) is 3.41. The van der Waals surface area contributed by atoms with Gasteiger partial charge in [0.15, 0.2) is 0 Å². The van der Waals surface area contributed by atoms with Crippen LogP contribution in [0.5, 0.6) is 0 Å². The molecule has 0 aliphatic rings. The van der Waals surface area contributed by atoms with E-state index in [1.165, 1.54) is 12.7 Å². The molecule has 0 saturated heterocycles. The van der Waals surface area contributed by atoms with Crippen molar-refractivity contribution >= 4 is 12.4 Å². The zero-order chi connectivity index (χ0) is 11.6. The van der Waals surface area contributed by atoms with Crippen LogP contribution in [0.4, 0.5) is 0 Å². The Labute approximate surface area is 114 Å². The second-order valence-electron chi connectivity index (χ2n) is 2.67. The summed E-state index contributed by atoms with van der Waals surface area (Å²) >= 11 is 0. The van der Waals surface area contributed by atoms with E-state index in [2.05, 4.69) is 29.9 Å². The van der Waals surface area contributed by atoms with Crippen molar-refractivity contribution in [3.05, 3.63) is 36.4 Å². The molecule has 2 aromatic rings. The molecule has 0 radical (unpaired) electrons. The first-order chi connectivity index (χ1) is 7.86. The van der Waals surface area contributed by atoms with Crippen molar-refractivity contribution in [3.8, 4) is 0 Å². The summed E-state index contributed by atoms with van der Waals surface area (Å²) in [6.45, 7) is 0. The van der Waals surface area contributed by atoms with E-state index >= 15 is 0 Å². The molecular weight excluding hydrogens is 399 g/mol. The fourth-order valence-electron chi connectivity index (χ4n) is 0.884. The smallest absolute Gasteiger partial charge is 0.449 e. The van der Waals surface area contributed by atoms with Gasteiger partial charge >= 0.3 is 21.1 Å². The van der Waals surface area contributed by atoms with E-state index in [1.807, 2.05) is 0 Å². The summed E-state index contributed by atoms with van der Waals surface area (Å²) < 4.78 is 0. The third kappa shape index (κ3) is 6.58. The van der Waals surface area contributed by atoms with Crippen LogP contribution in [0, 0.1) is 0 Å². The van der Waals surface area contributed by atoms with Gasteiger partial charge in [-0.1, -0.05) is 25.0 Å². The molecule has 92 valence electrons. The monoisotopic (exact) mass is 411 g/mol. The van der Waals surface area contributed by atoms with Crippen molar-refractivity contribution in [2.45, 2.75) is 0 Å². The summed E-state index contributed by atoms with van der Waals surface area (Å²) in [5.41, 5.74) is 1.63. The maximum Gasteiger partial charge on any atom is 2.00 e. The molecule has 0 aliphatic heterocycles. The number of hydrogen-bond acceptors (Lipinski definition) is 4. The van der Waals surface area contributed by atoms with Gasteiger partial charge in [0.05, 0.1) is 0 Å². The van der Waals surface area contributed by atoms with Gasteiger partial charge in [0.2, 0.25) is 0 Å². The van der Waals surface area contributed by atoms with Gasteiger partial charge in [0.25, 0.3) is 0 Å². The molecule has 2 aromatic heterocycles. The van der Waals surface area contributed by atoms with Gasteiger partial charge in [-0.05, 0) is 11.4 Å². The Balaban J connectivity index is 0.000000284. The molecule has 0 aromatic carbocycles. The molecule has 0 atom stereocenters. The first-order valence-electron chi connectivity index (χ1n) is 4.56. The number of aliphatic imine (C=N–C) groups is 2. The standard InChI is InChI=1S/2C5H6N3.Pt/c2*1-6-2-5-3-7-4-8-5;/h2*2-4H,1H3;/q2*-1;+2. The third-order valence-electron chi connectivity index (χ3n) is 1.48. The quantitative estimate of drug-likeness (QED) is 0.661. The van der Waals surface area contributed by atoms with E-state index in [0.29, 0.717) is 0 Å². The van der Waals surface area contributed by atoms with Crippen LogP contribution < -0.4 is 9.97 Å². The van der Waals surface area contributed by atoms with E-state index in [0.717, 1.165) is 11.4 Å². The van der Waals surface area contributed by atoms with Crippen LogP contribution in [-0.4, -0.2) is 36.5 Å². The van der Waals surface area contributed by atoms with Crippen LogP contribution in [0.25, 0.3) is 0 Å². The molecule has 2 heterocycles. The minimum absolute atomic E-state index is 0. The van der Waals surface area contributed by atoms with Gasteiger partial charge in [-0.3, -0.25) is 9.98 Å². The van der Waals surface area contributed by atoms with Crippen LogP contribution in [0.1, 0.15) is 11.4 Å². The number of imidazole rings is 2. The molecular formula is C10H12N6Pt. The Kier molecular flexibility index (Phi) is 8.78. The van der Waals surface area contributed by atoms with Gasteiger partial charge < -0.3 is 19.9 Å². The van der Waals surface area contributed by atoms with Crippen molar-refractivity contribution < 1.29 is 21.1 Å². The fourth-order valence-corrected chi connectivity index (χ4v) is 0.884. The Morgan fingerprint density at radius 3 is 1.59 bits per heavy atom. The Morgan fingerprint density at radius 1 is 0.941 bits per heavy atom. The number of rotatable bonds is 2. The Bertz CT molecular complexity index is 375. The van der Waals surface area contributed by atoms with Crippen molar-refractivity contribution in [3.63, 3.8) is 0 Å². The molecule has 0 bridgehead atoms. The van der Waals surface area contributed by atoms with Crippen LogP contribution in [0.2, 0.25) is 0 Å². The van der Waals surface area contributed by atoms with E-state index in [-0.39, 0.29) is 21.1 Å².